The van der Waals surface area contributed by atoms with Crippen LogP contribution in [-0.4, -0.2) is 48.1 Å². The van der Waals surface area contributed by atoms with Crippen molar-refractivity contribution in [2.75, 3.05) is 12.4 Å². The molecule has 1 heterocycles. The van der Waals surface area contributed by atoms with E-state index in [1.54, 1.807) is 24.3 Å². The molecule has 27 heavy (non-hydrogen) atoms. The molecule has 2 aromatic carbocycles. The number of aliphatic hydroxyl groups excluding tert-OH is 1. The van der Waals surface area contributed by atoms with E-state index >= 15 is 0 Å². The zero-order valence-corrected chi connectivity index (χ0v) is 16.6. The third kappa shape index (κ3) is 4.76. The molecule has 0 aliphatic carbocycles. The molecule has 1 aliphatic rings. The molecule has 0 unspecified atom stereocenters. The number of esters is 1. The predicted octanol–water partition coefficient (Wildman–Crippen LogP) is 3.20. The second kappa shape index (κ2) is 9.46. The molecule has 5 nitrogen and oxygen atoms in total. The summed E-state index contributed by atoms with van der Waals surface area (Å²) in [6.45, 7) is 0. The maximum atomic E-state index is 12.6. The fraction of sp³-hybridized carbons (Fsp3) is 0.381. The van der Waals surface area contributed by atoms with Gasteiger partial charge in [-0.25, -0.2) is 4.79 Å². The molecule has 0 bridgehead atoms. The number of rotatable bonds is 6. The first-order valence-electron chi connectivity index (χ1n) is 8.86. The molecular weight excluding hydrogens is 412 g/mol. The lowest BCUT2D eigenvalue weighted by Gasteiger charge is -2.43. The first kappa shape index (κ1) is 20.0. The second-order valence-electron chi connectivity index (χ2n) is 6.51. The van der Waals surface area contributed by atoms with Gasteiger partial charge in [0.15, 0.2) is 6.29 Å². The number of carbonyl (C=O) groups excluding carboxylic acids is 1. The third-order valence-electron chi connectivity index (χ3n) is 4.77. The quantitative estimate of drug-likeness (QED) is 0.558. The third-order valence-corrected chi connectivity index (χ3v) is 5.40. The van der Waals surface area contributed by atoms with Crippen molar-refractivity contribution in [2.24, 2.45) is 5.92 Å². The average Bonchev–Trinajstić information content (AvgIpc) is 2.72. The van der Waals surface area contributed by atoms with Crippen LogP contribution in [0.4, 0.5) is 0 Å². The van der Waals surface area contributed by atoms with Gasteiger partial charge in [-0.3, -0.25) is 0 Å². The number of ether oxygens (including phenoxy) is 3. The summed E-state index contributed by atoms with van der Waals surface area (Å²) in [5.74, 6) is -0.794. The fourth-order valence-corrected chi connectivity index (χ4v) is 3.89. The van der Waals surface area contributed by atoms with E-state index < -0.39 is 30.6 Å². The Hall–Kier alpha value is -1.73. The Morgan fingerprint density at radius 3 is 2.33 bits per heavy atom. The van der Waals surface area contributed by atoms with E-state index in [4.69, 9.17) is 14.2 Å². The lowest BCUT2D eigenvalue weighted by molar-refractivity contribution is -0.271. The minimum atomic E-state index is -0.918. The van der Waals surface area contributed by atoms with Crippen LogP contribution in [0, 0.1) is 5.92 Å². The van der Waals surface area contributed by atoms with Gasteiger partial charge in [0.05, 0.1) is 5.56 Å². The number of halogens is 1. The largest absolute Gasteiger partial charge is 0.456 e. The monoisotopic (exact) mass is 434 g/mol. The van der Waals surface area contributed by atoms with Crippen LogP contribution in [0.3, 0.4) is 0 Å². The molecule has 1 saturated heterocycles. The zero-order chi connectivity index (χ0) is 19.2. The van der Waals surface area contributed by atoms with Gasteiger partial charge in [0.2, 0.25) is 0 Å². The van der Waals surface area contributed by atoms with Crippen molar-refractivity contribution in [3.8, 4) is 0 Å². The van der Waals surface area contributed by atoms with Gasteiger partial charge in [-0.1, -0.05) is 64.5 Å². The van der Waals surface area contributed by atoms with Crippen molar-refractivity contribution < 1.29 is 24.1 Å². The molecule has 2 aromatic rings. The SMILES string of the molecule is CO[C@H]1O[C@H](CBr)[C@@H](OC(=O)c2ccccc2)[C@@H](Cc2ccccc2)[C@@H]1O. The number of carbonyl (C=O) groups is 1. The van der Waals surface area contributed by atoms with E-state index in [1.165, 1.54) is 7.11 Å². The molecule has 0 spiro atoms. The molecule has 0 radical (unpaired) electrons. The molecule has 1 fully saturated rings. The van der Waals surface area contributed by atoms with Gasteiger partial charge in [-0.05, 0) is 24.1 Å². The van der Waals surface area contributed by atoms with Gasteiger partial charge in [0.1, 0.15) is 18.3 Å². The molecule has 0 amide bonds. The average molecular weight is 435 g/mol. The lowest BCUT2D eigenvalue weighted by atomic mass is 9.84. The van der Waals surface area contributed by atoms with E-state index in [2.05, 4.69) is 15.9 Å². The van der Waals surface area contributed by atoms with Gasteiger partial charge in [0.25, 0.3) is 0 Å². The Balaban J connectivity index is 1.86. The number of hydrogen-bond donors (Lipinski definition) is 1. The Labute approximate surface area is 167 Å². The first-order chi connectivity index (χ1) is 13.1. The smallest absolute Gasteiger partial charge is 0.338 e. The molecule has 0 aromatic heterocycles. The van der Waals surface area contributed by atoms with Gasteiger partial charge in [-0.2, -0.15) is 0 Å². The van der Waals surface area contributed by atoms with E-state index in [0.29, 0.717) is 17.3 Å². The van der Waals surface area contributed by atoms with Crippen molar-refractivity contribution in [3.63, 3.8) is 0 Å². The number of aliphatic hydroxyl groups is 1. The van der Waals surface area contributed by atoms with E-state index in [0.717, 1.165) is 5.56 Å². The fourth-order valence-electron chi connectivity index (χ4n) is 3.37. The summed E-state index contributed by atoms with van der Waals surface area (Å²) in [7, 11) is 1.50. The maximum Gasteiger partial charge on any atom is 0.338 e. The normalized spacial score (nSPS) is 27.9. The Bertz CT molecular complexity index is 724. The van der Waals surface area contributed by atoms with Crippen molar-refractivity contribution in [2.45, 2.75) is 31.0 Å². The van der Waals surface area contributed by atoms with Gasteiger partial charge in [0, 0.05) is 18.4 Å². The van der Waals surface area contributed by atoms with Gasteiger partial charge >= 0.3 is 5.97 Å². The summed E-state index contributed by atoms with van der Waals surface area (Å²) in [6.07, 6.45) is -2.19. The van der Waals surface area contributed by atoms with Crippen LogP contribution in [0.25, 0.3) is 0 Å². The molecule has 3 rings (SSSR count). The summed E-state index contributed by atoms with van der Waals surface area (Å²) >= 11 is 3.43. The maximum absolute atomic E-state index is 12.6. The molecule has 144 valence electrons. The summed E-state index contributed by atoms with van der Waals surface area (Å²) in [6, 6.07) is 18.6. The Morgan fingerprint density at radius 2 is 1.74 bits per heavy atom. The van der Waals surface area contributed by atoms with Crippen molar-refractivity contribution in [1.29, 1.82) is 0 Å². The Kier molecular flexibility index (Phi) is 7.01. The topological polar surface area (TPSA) is 65.0 Å². The van der Waals surface area contributed by atoms with E-state index in [9.17, 15) is 9.90 Å². The van der Waals surface area contributed by atoms with Crippen LogP contribution < -0.4 is 0 Å². The minimum Gasteiger partial charge on any atom is -0.456 e. The highest BCUT2D eigenvalue weighted by atomic mass is 79.9. The predicted molar refractivity (Wildman–Crippen MR) is 105 cm³/mol. The number of hydrogen-bond acceptors (Lipinski definition) is 5. The van der Waals surface area contributed by atoms with Crippen molar-refractivity contribution >= 4 is 21.9 Å². The van der Waals surface area contributed by atoms with Crippen LogP contribution in [0.1, 0.15) is 15.9 Å². The summed E-state index contributed by atoms with van der Waals surface area (Å²) in [4.78, 5) is 12.6. The number of methoxy groups -OCH3 is 1. The molecule has 1 aliphatic heterocycles. The van der Waals surface area contributed by atoms with Crippen LogP contribution in [-0.2, 0) is 20.6 Å². The first-order valence-corrected chi connectivity index (χ1v) is 9.98. The van der Waals surface area contributed by atoms with Crippen molar-refractivity contribution in [3.05, 3.63) is 71.8 Å². The van der Waals surface area contributed by atoms with E-state index in [-0.39, 0.29) is 5.92 Å². The highest BCUT2D eigenvalue weighted by Gasteiger charge is 2.47. The molecule has 6 heteroatoms. The summed E-state index contributed by atoms with van der Waals surface area (Å²) in [5.41, 5.74) is 1.51. The highest BCUT2D eigenvalue weighted by molar-refractivity contribution is 9.09. The molecular formula is C21H23BrO5. The van der Waals surface area contributed by atoms with Gasteiger partial charge in [-0.15, -0.1) is 0 Å². The van der Waals surface area contributed by atoms with Gasteiger partial charge < -0.3 is 19.3 Å². The number of alkyl halides is 1. The van der Waals surface area contributed by atoms with Crippen LogP contribution in [0.15, 0.2) is 60.7 Å². The van der Waals surface area contributed by atoms with Crippen LogP contribution in [0.2, 0.25) is 0 Å². The second-order valence-corrected chi connectivity index (χ2v) is 7.16. The lowest BCUT2D eigenvalue weighted by Crippen LogP contribution is -2.57. The van der Waals surface area contributed by atoms with Crippen molar-refractivity contribution in [1.82, 2.24) is 0 Å². The summed E-state index contributed by atoms with van der Waals surface area (Å²) in [5, 5.41) is 11.3. The molecule has 5 atom stereocenters. The number of benzene rings is 2. The van der Waals surface area contributed by atoms with Crippen LogP contribution >= 0.6 is 15.9 Å². The standard InChI is InChI=1S/C21H23BrO5/c1-25-21-18(23)16(12-14-8-4-2-5-9-14)19(17(13-22)26-21)27-20(24)15-10-6-3-7-11-15/h2-11,16-19,21,23H,12-13H2,1H3/t16-,17+,18-,19-,21-/m0/s1. The van der Waals surface area contributed by atoms with Crippen LogP contribution in [0.5, 0.6) is 0 Å². The minimum absolute atomic E-state index is 0.360. The Morgan fingerprint density at radius 1 is 1.11 bits per heavy atom. The summed E-state index contributed by atoms with van der Waals surface area (Å²) < 4.78 is 16.9. The molecule has 1 N–H and O–H groups in total. The zero-order valence-electron chi connectivity index (χ0n) is 15.0. The molecule has 0 saturated carbocycles. The van der Waals surface area contributed by atoms with E-state index in [1.807, 2.05) is 36.4 Å². The highest BCUT2D eigenvalue weighted by Crippen LogP contribution is 2.33.